The summed E-state index contributed by atoms with van der Waals surface area (Å²) in [6.45, 7) is 3.86. The zero-order valence-corrected chi connectivity index (χ0v) is 12.2. The maximum absolute atomic E-state index is 11.1. The molecule has 4 heteroatoms. The van der Waals surface area contributed by atoms with Crippen LogP contribution >= 0.6 is 0 Å². The Labute approximate surface area is 120 Å². The van der Waals surface area contributed by atoms with E-state index in [-0.39, 0.29) is 4.92 Å². The Kier molecular flexibility index (Phi) is 6.47. The molecule has 0 heterocycles. The van der Waals surface area contributed by atoms with Crippen molar-refractivity contribution < 1.29 is 10.0 Å². The molecular formula is C16H23NO3. The van der Waals surface area contributed by atoms with E-state index in [4.69, 9.17) is 6.42 Å². The Morgan fingerprint density at radius 1 is 1.75 bits per heavy atom. The molecule has 1 aliphatic rings. The number of allylic oxidation sites excluding steroid dienone is 2. The van der Waals surface area contributed by atoms with Gasteiger partial charge in [-0.1, -0.05) is 31.8 Å². The number of aliphatic hydroxyl groups is 1. The lowest BCUT2D eigenvalue weighted by Gasteiger charge is -2.13. The van der Waals surface area contributed by atoms with E-state index in [1.807, 2.05) is 0 Å². The van der Waals surface area contributed by atoms with Gasteiger partial charge in [0.1, 0.15) is 6.10 Å². The van der Waals surface area contributed by atoms with Gasteiger partial charge in [-0.3, -0.25) is 10.1 Å². The second-order valence-corrected chi connectivity index (χ2v) is 5.48. The largest absolute Gasteiger partial charge is 0.376 e. The summed E-state index contributed by atoms with van der Waals surface area (Å²) >= 11 is 0. The maximum atomic E-state index is 11.1. The summed E-state index contributed by atoms with van der Waals surface area (Å²) in [6.07, 6.45) is 12.2. The van der Waals surface area contributed by atoms with E-state index in [9.17, 15) is 15.2 Å². The van der Waals surface area contributed by atoms with Crippen molar-refractivity contribution in [3.63, 3.8) is 0 Å². The molecule has 0 aromatic carbocycles. The van der Waals surface area contributed by atoms with Gasteiger partial charge in [-0.05, 0) is 42.9 Å². The first-order valence-electron chi connectivity index (χ1n) is 7.14. The van der Waals surface area contributed by atoms with Crippen molar-refractivity contribution in [2.75, 3.05) is 0 Å². The monoisotopic (exact) mass is 277 g/mol. The number of aliphatic hydroxyl groups excluding tert-OH is 1. The molecule has 0 amide bonds. The van der Waals surface area contributed by atoms with E-state index in [1.54, 1.807) is 19.1 Å². The Bertz CT molecular complexity index is 445. The molecule has 3 atom stereocenters. The van der Waals surface area contributed by atoms with Crippen LogP contribution in [0.4, 0.5) is 0 Å². The molecule has 1 aliphatic carbocycles. The number of nitrogens with zero attached hydrogens (tertiary/aromatic N) is 1. The SMILES string of the molecule is C#CC(O)/C(C)=C/C1=CC([N+](=O)[O-])CC(CCC)CC1. The van der Waals surface area contributed by atoms with Gasteiger partial charge in [0.25, 0.3) is 0 Å². The summed E-state index contributed by atoms with van der Waals surface area (Å²) in [5, 5.41) is 20.7. The molecule has 0 bridgehead atoms. The first-order chi connectivity index (χ1) is 9.47. The molecule has 0 spiro atoms. The number of nitro groups is 1. The molecule has 0 radical (unpaired) electrons. The van der Waals surface area contributed by atoms with E-state index in [1.165, 1.54) is 0 Å². The van der Waals surface area contributed by atoms with Crippen LogP contribution in [-0.4, -0.2) is 22.2 Å². The fourth-order valence-corrected chi connectivity index (χ4v) is 2.67. The third kappa shape index (κ3) is 4.82. The van der Waals surface area contributed by atoms with Crippen LogP contribution < -0.4 is 0 Å². The Morgan fingerprint density at radius 3 is 3.00 bits per heavy atom. The molecule has 1 N–H and O–H groups in total. The van der Waals surface area contributed by atoms with Gasteiger partial charge < -0.3 is 5.11 Å². The second kappa shape index (κ2) is 7.86. The summed E-state index contributed by atoms with van der Waals surface area (Å²) in [6, 6.07) is -0.629. The predicted octanol–water partition coefficient (Wildman–Crippen LogP) is 3.10. The molecule has 0 aromatic rings. The van der Waals surface area contributed by atoms with Crippen molar-refractivity contribution in [3.05, 3.63) is 33.4 Å². The van der Waals surface area contributed by atoms with E-state index in [2.05, 4.69) is 12.8 Å². The predicted molar refractivity (Wildman–Crippen MR) is 79.7 cm³/mol. The molecule has 0 aromatic heterocycles. The minimum atomic E-state index is -0.917. The van der Waals surface area contributed by atoms with Gasteiger partial charge in [-0.25, -0.2) is 0 Å². The van der Waals surface area contributed by atoms with E-state index in [0.29, 0.717) is 17.9 Å². The highest BCUT2D eigenvalue weighted by Gasteiger charge is 2.26. The molecule has 0 aliphatic heterocycles. The van der Waals surface area contributed by atoms with Crippen molar-refractivity contribution >= 4 is 0 Å². The van der Waals surface area contributed by atoms with Gasteiger partial charge in [0.05, 0.1) is 0 Å². The van der Waals surface area contributed by atoms with Gasteiger partial charge in [0, 0.05) is 11.3 Å². The Morgan fingerprint density at radius 2 is 2.45 bits per heavy atom. The van der Waals surface area contributed by atoms with Crippen molar-refractivity contribution in [2.45, 2.75) is 58.1 Å². The molecule has 20 heavy (non-hydrogen) atoms. The van der Waals surface area contributed by atoms with Crippen molar-refractivity contribution in [3.8, 4) is 12.3 Å². The van der Waals surface area contributed by atoms with Gasteiger partial charge in [0.2, 0.25) is 6.04 Å². The Hall–Kier alpha value is -1.60. The standard InChI is InChI=1S/C16H23NO3/c1-4-6-13-7-8-14(9-12(3)16(18)5-2)11-15(10-13)17(19)20/h2,9,11,13,15-16,18H,4,6-8,10H2,1,3H3/b12-9+. The molecule has 3 unspecified atom stereocenters. The minimum Gasteiger partial charge on any atom is -0.376 e. The van der Waals surface area contributed by atoms with Crippen LogP contribution in [0.15, 0.2) is 23.3 Å². The highest BCUT2D eigenvalue weighted by atomic mass is 16.6. The lowest BCUT2D eigenvalue weighted by atomic mass is 9.93. The smallest absolute Gasteiger partial charge is 0.232 e. The minimum absolute atomic E-state index is 0.214. The molecule has 110 valence electrons. The fraction of sp³-hybridized carbons (Fsp3) is 0.625. The number of rotatable bonds is 5. The zero-order chi connectivity index (χ0) is 15.1. The zero-order valence-electron chi connectivity index (χ0n) is 12.2. The first kappa shape index (κ1) is 16.5. The van der Waals surface area contributed by atoms with Crippen LogP contribution in [0.25, 0.3) is 0 Å². The number of terminal acetylenes is 1. The molecule has 0 saturated heterocycles. The third-order valence-corrected chi connectivity index (χ3v) is 3.79. The van der Waals surface area contributed by atoms with Crippen LogP contribution in [0.5, 0.6) is 0 Å². The van der Waals surface area contributed by atoms with Gasteiger partial charge >= 0.3 is 0 Å². The quantitative estimate of drug-likeness (QED) is 0.477. The molecule has 0 saturated carbocycles. The van der Waals surface area contributed by atoms with Crippen molar-refractivity contribution in [2.24, 2.45) is 5.92 Å². The van der Waals surface area contributed by atoms with Crippen molar-refractivity contribution in [1.29, 1.82) is 0 Å². The molecule has 1 rings (SSSR count). The van der Waals surface area contributed by atoms with Gasteiger partial charge in [-0.2, -0.15) is 0 Å². The first-order valence-corrected chi connectivity index (χ1v) is 7.14. The van der Waals surface area contributed by atoms with Crippen LogP contribution in [0, 0.1) is 28.4 Å². The van der Waals surface area contributed by atoms with Crippen molar-refractivity contribution in [1.82, 2.24) is 0 Å². The van der Waals surface area contributed by atoms with Gasteiger partial charge in [-0.15, -0.1) is 6.42 Å². The summed E-state index contributed by atoms with van der Waals surface area (Å²) in [7, 11) is 0. The third-order valence-electron chi connectivity index (χ3n) is 3.79. The van der Waals surface area contributed by atoms with Crippen LogP contribution in [-0.2, 0) is 0 Å². The fourth-order valence-electron chi connectivity index (χ4n) is 2.67. The average Bonchev–Trinajstić information content (AvgIpc) is 2.61. The van der Waals surface area contributed by atoms with E-state index < -0.39 is 12.1 Å². The molecule has 4 nitrogen and oxygen atoms in total. The molecule has 0 fully saturated rings. The lowest BCUT2D eigenvalue weighted by Crippen LogP contribution is -2.19. The van der Waals surface area contributed by atoms with Crippen LogP contribution in [0.2, 0.25) is 0 Å². The highest BCUT2D eigenvalue weighted by Crippen LogP contribution is 2.29. The lowest BCUT2D eigenvalue weighted by molar-refractivity contribution is -0.511. The normalized spacial score (nSPS) is 25.3. The number of hydrogen-bond acceptors (Lipinski definition) is 3. The summed E-state index contributed by atoms with van der Waals surface area (Å²) in [5.74, 6) is 2.66. The summed E-state index contributed by atoms with van der Waals surface area (Å²) in [5.41, 5.74) is 1.58. The second-order valence-electron chi connectivity index (χ2n) is 5.48. The van der Waals surface area contributed by atoms with E-state index >= 15 is 0 Å². The van der Waals surface area contributed by atoms with Crippen LogP contribution in [0.3, 0.4) is 0 Å². The Balaban J connectivity index is 2.91. The van der Waals surface area contributed by atoms with E-state index in [0.717, 1.165) is 31.3 Å². The summed E-state index contributed by atoms with van der Waals surface area (Å²) in [4.78, 5) is 10.9. The topological polar surface area (TPSA) is 63.4 Å². The maximum Gasteiger partial charge on any atom is 0.232 e. The van der Waals surface area contributed by atoms with Crippen LogP contribution in [0.1, 0.15) is 46.0 Å². The average molecular weight is 277 g/mol. The van der Waals surface area contributed by atoms with Gasteiger partial charge in [0.15, 0.2) is 0 Å². The summed E-state index contributed by atoms with van der Waals surface area (Å²) < 4.78 is 0. The highest BCUT2D eigenvalue weighted by molar-refractivity contribution is 5.29. The number of hydrogen-bond donors (Lipinski definition) is 1. The molecular weight excluding hydrogens is 254 g/mol.